The average Bonchev–Trinajstić information content (AvgIpc) is 3.31. The number of aromatic nitrogens is 4. The van der Waals surface area contributed by atoms with Gasteiger partial charge in [-0.05, 0) is 39.0 Å². The summed E-state index contributed by atoms with van der Waals surface area (Å²) in [6, 6.07) is -0.0128. The van der Waals surface area contributed by atoms with Gasteiger partial charge in [0.05, 0.1) is 11.4 Å². The minimum atomic E-state index is -3.23. The Hall–Kier alpha value is -0.740. The van der Waals surface area contributed by atoms with Crippen molar-refractivity contribution in [1.29, 1.82) is 0 Å². The fraction of sp³-hybridized carbons (Fsp3) is 0.792. The molecule has 0 bridgehead atoms. The smallest absolute Gasteiger partial charge is 0.877 e. The van der Waals surface area contributed by atoms with Crippen LogP contribution >= 0.6 is 0 Å². The van der Waals surface area contributed by atoms with Gasteiger partial charge < -0.3 is 5.11 Å². The van der Waals surface area contributed by atoms with Gasteiger partial charge in [-0.15, -0.1) is 16.0 Å². The Morgan fingerprint density at radius 1 is 0.971 bits per heavy atom. The fourth-order valence-electron chi connectivity index (χ4n) is 4.79. The molecule has 0 amide bonds. The first-order chi connectivity index (χ1) is 15.9. The Morgan fingerprint density at radius 2 is 1.56 bits per heavy atom. The van der Waals surface area contributed by atoms with Crippen LogP contribution in [0.4, 0.5) is 0 Å². The van der Waals surface area contributed by atoms with Gasteiger partial charge in [-0.1, -0.05) is 64.7 Å². The number of fused-ring (bicyclic) bond motifs is 1. The molecule has 0 spiro atoms. The Morgan fingerprint density at radius 3 is 2.15 bits per heavy atom. The van der Waals surface area contributed by atoms with Crippen molar-refractivity contribution in [2.75, 3.05) is 5.75 Å². The summed E-state index contributed by atoms with van der Waals surface area (Å²) in [6.07, 6.45) is 15.9. The molecule has 1 saturated carbocycles. The van der Waals surface area contributed by atoms with Crippen molar-refractivity contribution >= 4 is 21.9 Å². The molecule has 2 aromatic heterocycles. The number of nitrogens with zero attached hydrogens (tertiary/aromatic N) is 4. The van der Waals surface area contributed by atoms with Gasteiger partial charge in [-0.25, -0.2) is 18.1 Å². The van der Waals surface area contributed by atoms with Crippen LogP contribution in [0.25, 0.3) is 11.9 Å². The number of nitrogens with one attached hydrogen (secondary N) is 1. The molecule has 10 heteroatoms. The molecule has 186 valence electrons. The van der Waals surface area contributed by atoms with Crippen molar-refractivity contribution < 1.29 is 43.1 Å². The van der Waals surface area contributed by atoms with Crippen LogP contribution in [-0.4, -0.2) is 40.0 Å². The zero-order valence-electron chi connectivity index (χ0n) is 21.3. The second-order valence-corrected chi connectivity index (χ2v) is 11.4. The van der Waals surface area contributed by atoms with Gasteiger partial charge >= 0.3 is 29.6 Å². The van der Waals surface area contributed by atoms with E-state index in [1.54, 1.807) is 6.92 Å². The van der Waals surface area contributed by atoms with Crippen LogP contribution in [0.1, 0.15) is 114 Å². The minimum absolute atomic E-state index is 0. The van der Waals surface area contributed by atoms with Gasteiger partial charge in [-0.3, -0.25) is 0 Å². The third-order valence-electron chi connectivity index (χ3n) is 6.81. The van der Waals surface area contributed by atoms with Gasteiger partial charge in [0.15, 0.2) is 11.5 Å². The van der Waals surface area contributed by atoms with Crippen LogP contribution in [0.5, 0.6) is 0 Å². The summed E-state index contributed by atoms with van der Waals surface area (Å²) in [5.74, 6) is 1.10. The standard InChI is InChI=1S/C24H41N5O3S.Na/c1-3-4-5-6-7-8-9-10-11-12-17-33(31,32)28-21-15-13-20(14-16-21)23-25-24-22(18-30)19(2)26-29(24)27-23;/h18,20-21,28,30H,3-17H2,1-2H3;/q;+1/p-1/b22-18-;. The average molecular weight is 502 g/mol. The summed E-state index contributed by atoms with van der Waals surface area (Å²) in [5, 5.41) is 20.5. The Bertz CT molecular complexity index is 1020. The topological polar surface area (TPSA) is 112 Å². The van der Waals surface area contributed by atoms with Crippen molar-refractivity contribution in [2.45, 2.75) is 116 Å². The predicted octanol–water partition coefficient (Wildman–Crippen LogP) is 0.120. The van der Waals surface area contributed by atoms with Crippen LogP contribution in [0.3, 0.4) is 0 Å². The Kier molecular flexibility index (Phi) is 12.8. The molecule has 0 atom stereocenters. The maximum atomic E-state index is 12.5. The quantitative estimate of drug-likeness (QED) is 0.291. The van der Waals surface area contributed by atoms with Crippen LogP contribution in [0, 0.1) is 6.92 Å². The second-order valence-electron chi connectivity index (χ2n) is 9.57. The normalized spacial score (nSPS) is 19.5. The Balaban J connectivity index is 0.00000408. The zero-order chi connectivity index (χ0) is 23.7. The second kappa shape index (κ2) is 14.7. The van der Waals surface area contributed by atoms with E-state index in [-0.39, 0.29) is 47.3 Å². The molecule has 1 aliphatic rings. The van der Waals surface area contributed by atoms with E-state index in [0.717, 1.165) is 51.2 Å². The van der Waals surface area contributed by atoms with Gasteiger partial charge in [0.2, 0.25) is 10.0 Å². The van der Waals surface area contributed by atoms with E-state index in [1.165, 1.54) is 49.6 Å². The number of sulfonamides is 1. The van der Waals surface area contributed by atoms with Crippen molar-refractivity contribution in [1.82, 2.24) is 24.5 Å². The third kappa shape index (κ3) is 8.73. The molecule has 2 aromatic rings. The maximum Gasteiger partial charge on any atom is 1.00 e. The molecule has 1 aliphatic carbocycles. The van der Waals surface area contributed by atoms with E-state index in [0.29, 0.717) is 22.4 Å². The summed E-state index contributed by atoms with van der Waals surface area (Å²) < 4.78 is 29.3. The van der Waals surface area contributed by atoms with Crippen molar-refractivity contribution in [3.05, 3.63) is 16.7 Å². The zero-order valence-corrected chi connectivity index (χ0v) is 24.1. The maximum absolute atomic E-state index is 12.5. The molecule has 1 fully saturated rings. The van der Waals surface area contributed by atoms with Crippen LogP contribution in [-0.2, 0) is 10.0 Å². The van der Waals surface area contributed by atoms with E-state index in [4.69, 9.17) is 0 Å². The summed E-state index contributed by atoms with van der Waals surface area (Å²) in [5.41, 5.74) is 1.14. The monoisotopic (exact) mass is 501 g/mol. The summed E-state index contributed by atoms with van der Waals surface area (Å²) in [4.78, 5) is 4.54. The number of rotatable bonds is 14. The molecule has 0 unspecified atom stereocenters. The van der Waals surface area contributed by atoms with Crippen LogP contribution in [0.2, 0.25) is 0 Å². The first kappa shape index (κ1) is 29.5. The van der Waals surface area contributed by atoms with E-state index in [9.17, 15) is 13.5 Å². The molecule has 0 radical (unpaired) electrons. The summed E-state index contributed by atoms with van der Waals surface area (Å²) in [6.45, 7) is 4.01. The molecule has 34 heavy (non-hydrogen) atoms. The minimum Gasteiger partial charge on any atom is -0.877 e. The molecular weight excluding hydrogens is 461 g/mol. The SMILES string of the molecule is CCCCCCCCCCCCS(=O)(=O)NC1CCC(c2nc3/c(=C\[O-])c(C)nn3n2)CC1.[Na+]. The molecule has 2 heterocycles. The van der Waals surface area contributed by atoms with Gasteiger partial charge in [0.1, 0.15) is 0 Å². The predicted molar refractivity (Wildman–Crippen MR) is 129 cm³/mol. The van der Waals surface area contributed by atoms with E-state index >= 15 is 0 Å². The van der Waals surface area contributed by atoms with Crippen molar-refractivity contribution in [2.24, 2.45) is 0 Å². The van der Waals surface area contributed by atoms with E-state index < -0.39 is 10.0 Å². The van der Waals surface area contributed by atoms with Gasteiger partial charge in [0, 0.05) is 17.2 Å². The largest absolute Gasteiger partial charge is 1.00 e. The first-order valence-electron chi connectivity index (χ1n) is 12.8. The molecule has 8 nitrogen and oxygen atoms in total. The summed E-state index contributed by atoms with van der Waals surface area (Å²) in [7, 11) is -3.23. The Labute approximate surface area is 226 Å². The molecule has 1 N–H and O–H groups in total. The van der Waals surface area contributed by atoms with Gasteiger partial charge in [-0.2, -0.15) is 5.10 Å². The molecule has 3 rings (SSSR count). The molecular formula is C24H40N5NaO3S. The van der Waals surface area contributed by atoms with Crippen LogP contribution in [0.15, 0.2) is 0 Å². The number of unbranched alkanes of at least 4 members (excludes halogenated alkanes) is 9. The molecule has 0 aromatic carbocycles. The van der Waals surface area contributed by atoms with E-state index in [1.807, 2.05) is 0 Å². The first-order valence-corrected chi connectivity index (χ1v) is 14.4. The van der Waals surface area contributed by atoms with Crippen LogP contribution < -0.4 is 44.6 Å². The van der Waals surface area contributed by atoms with Crippen molar-refractivity contribution in [3.63, 3.8) is 0 Å². The van der Waals surface area contributed by atoms with Crippen molar-refractivity contribution in [3.8, 4) is 0 Å². The fourth-order valence-corrected chi connectivity index (χ4v) is 6.23. The number of hydrogen-bond acceptors (Lipinski definition) is 6. The van der Waals surface area contributed by atoms with E-state index in [2.05, 4.69) is 26.8 Å². The summed E-state index contributed by atoms with van der Waals surface area (Å²) >= 11 is 0. The number of hydrogen-bond donors (Lipinski definition) is 1. The van der Waals surface area contributed by atoms with Gasteiger partial charge in [0.25, 0.3) is 0 Å². The molecule has 0 aliphatic heterocycles. The molecule has 0 saturated heterocycles. The number of aryl methyl sites for hydroxylation is 1. The third-order valence-corrected chi connectivity index (χ3v) is 8.32.